The van der Waals surface area contributed by atoms with Gasteiger partial charge in [-0.2, -0.15) is 26.3 Å². The van der Waals surface area contributed by atoms with E-state index in [4.69, 9.17) is 4.74 Å². The van der Waals surface area contributed by atoms with Gasteiger partial charge in [0.1, 0.15) is 5.60 Å². The zero-order valence-corrected chi connectivity index (χ0v) is 21.8. The summed E-state index contributed by atoms with van der Waals surface area (Å²) in [5, 5.41) is 0. The topological polar surface area (TPSA) is 52.6 Å². The summed E-state index contributed by atoms with van der Waals surface area (Å²) in [6.45, 7) is 13.1. The van der Waals surface area contributed by atoms with Crippen LogP contribution in [0.15, 0.2) is 0 Å². The SMILES string of the molecule is CCC(C(=O)OC(C(F)(F)F)C(F)(F)F)C1(OC(=O)C(CC(C)(C)CC)C(C)(C)C)CCCCC1. The maximum atomic E-state index is 13.5. The Bertz CT molecular complexity index is 701. The average Bonchev–Trinajstić information content (AvgIpc) is 2.69. The van der Waals surface area contributed by atoms with Crippen molar-refractivity contribution in [3.8, 4) is 0 Å². The minimum Gasteiger partial charge on any atom is -0.458 e. The van der Waals surface area contributed by atoms with Gasteiger partial charge in [0, 0.05) is 0 Å². The first-order valence-corrected chi connectivity index (χ1v) is 12.3. The number of carbonyl (C=O) groups is 2. The lowest BCUT2D eigenvalue weighted by atomic mass is 9.70. The second-order valence-electron chi connectivity index (χ2n) is 11.5. The molecule has 2 unspecified atom stereocenters. The van der Waals surface area contributed by atoms with Gasteiger partial charge in [0.2, 0.25) is 0 Å². The van der Waals surface area contributed by atoms with Crippen molar-refractivity contribution in [1.29, 1.82) is 0 Å². The molecule has 1 saturated carbocycles. The fourth-order valence-corrected chi connectivity index (χ4v) is 4.65. The van der Waals surface area contributed by atoms with Gasteiger partial charge >= 0.3 is 24.3 Å². The van der Waals surface area contributed by atoms with Crippen molar-refractivity contribution in [2.45, 2.75) is 124 Å². The predicted molar refractivity (Wildman–Crippen MR) is 119 cm³/mol. The van der Waals surface area contributed by atoms with E-state index in [0.29, 0.717) is 19.3 Å². The van der Waals surface area contributed by atoms with E-state index in [1.165, 1.54) is 6.92 Å². The van der Waals surface area contributed by atoms with Crippen molar-refractivity contribution in [3.63, 3.8) is 0 Å². The number of rotatable bonds is 9. The Morgan fingerprint density at radius 2 is 1.31 bits per heavy atom. The van der Waals surface area contributed by atoms with Crippen LogP contribution in [0.5, 0.6) is 0 Å². The Labute approximate surface area is 204 Å². The van der Waals surface area contributed by atoms with E-state index >= 15 is 0 Å². The monoisotopic (exact) mass is 518 g/mol. The molecule has 206 valence electrons. The van der Waals surface area contributed by atoms with Crippen LogP contribution in [0.4, 0.5) is 26.3 Å². The lowest BCUT2D eigenvalue weighted by Crippen LogP contribution is -2.53. The first kappa shape index (κ1) is 31.5. The molecule has 0 aliphatic heterocycles. The van der Waals surface area contributed by atoms with Crippen molar-refractivity contribution in [3.05, 3.63) is 0 Å². The Morgan fingerprint density at radius 3 is 1.69 bits per heavy atom. The number of hydrogen-bond acceptors (Lipinski definition) is 4. The molecule has 0 saturated heterocycles. The van der Waals surface area contributed by atoms with Crippen LogP contribution < -0.4 is 0 Å². The summed E-state index contributed by atoms with van der Waals surface area (Å²) in [5.41, 5.74) is -2.23. The maximum Gasteiger partial charge on any atom is 0.434 e. The molecule has 1 rings (SSSR count). The average molecular weight is 519 g/mol. The number of alkyl halides is 6. The molecule has 2 atom stereocenters. The molecule has 0 spiro atoms. The number of ether oxygens (including phenoxy) is 2. The van der Waals surface area contributed by atoms with Gasteiger partial charge in [-0.3, -0.25) is 9.59 Å². The van der Waals surface area contributed by atoms with E-state index in [1.54, 1.807) is 0 Å². The normalized spacial score (nSPS) is 19.3. The molecule has 35 heavy (non-hydrogen) atoms. The van der Waals surface area contributed by atoms with Crippen LogP contribution in [0.2, 0.25) is 0 Å². The Balaban J connectivity index is 3.34. The minimum atomic E-state index is -5.81. The van der Waals surface area contributed by atoms with E-state index in [1.807, 2.05) is 41.5 Å². The fraction of sp³-hybridized carbons (Fsp3) is 0.920. The van der Waals surface area contributed by atoms with Crippen molar-refractivity contribution in [2.75, 3.05) is 0 Å². The van der Waals surface area contributed by atoms with Gasteiger partial charge < -0.3 is 9.47 Å². The molecule has 1 aliphatic carbocycles. The van der Waals surface area contributed by atoms with Crippen molar-refractivity contribution in [2.24, 2.45) is 22.7 Å². The van der Waals surface area contributed by atoms with Gasteiger partial charge in [0.05, 0.1) is 11.8 Å². The molecule has 4 nitrogen and oxygen atoms in total. The number of halogens is 6. The molecule has 1 fully saturated rings. The molecular formula is C25H40F6O4. The van der Waals surface area contributed by atoms with Crippen LogP contribution in [0.3, 0.4) is 0 Å². The van der Waals surface area contributed by atoms with Gasteiger partial charge in [-0.15, -0.1) is 0 Å². The summed E-state index contributed by atoms with van der Waals surface area (Å²) in [5.74, 6) is -4.26. The van der Waals surface area contributed by atoms with Gasteiger partial charge in [0.15, 0.2) is 0 Å². The molecule has 0 aromatic heterocycles. The van der Waals surface area contributed by atoms with Crippen molar-refractivity contribution in [1.82, 2.24) is 0 Å². The van der Waals surface area contributed by atoms with Crippen LogP contribution in [-0.2, 0) is 19.1 Å². The summed E-state index contributed by atoms with van der Waals surface area (Å²) in [7, 11) is 0. The van der Waals surface area contributed by atoms with Gasteiger partial charge in [0.25, 0.3) is 6.10 Å². The Hall–Kier alpha value is -1.48. The third-order valence-corrected chi connectivity index (χ3v) is 7.20. The predicted octanol–water partition coefficient (Wildman–Crippen LogP) is 7.78. The smallest absolute Gasteiger partial charge is 0.434 e. The molecule has 0 heterocycles. The zero-order chi connectivity index (χ0) is 27.5. The zero-order valence-electron chi connectivity index (χ0n) is 21.8. The van der Waals surface area contributed by atoms with Gasteiger partial charge in [-0.1, -0.05) is 61.3 Å². The van der Waals surface area contributed by atoms with E-state index < -0.39 is 53.2 Å². The lowest BCUT2D eigenvalue weighted by Gasteiger charge is -2.44. The van der Waals surface area contributed by atoms with E-state index in [0.717, 1.165) is 12.8 Å². The van der Waals surface area contributed by atoms with E-state index in [9.17, 15) is 35.9 Å². The molecular weight excluding hydrogens is 478 g/mol. The van der Waals surface area contributed by atoms with Crippen molar-refractivity contribution < 1.29 is 45.4 Å². The molecule has 0 radical (unpaired) electrons. The molecule has 0 bridgehead atoms. The van der Waals surface area contributed by atoms with Gasteiger partial charge in [-0.25, -0.2) is 0 Å². The number of carbonyl (C=O) groups excluding carboxylic acids is 2. The largest absolute Gasteiger partial charge is 0.458 e. The highest BCUT2D eigenvalue weighted by atomic mass is 19.4. The highest BCUT2D eigenvalue weighted by Gasteiger charge is 2.61. The summed E-state index contributed by atoms with van der Waals surface area (Å²) >= 11 is 0. The highest BCUT2D eigenvalue weighted by molar-refractivity contribution is 5.77. The maximum absolute atomic E-state index is 13.5. The van der Waals surface area contributed by atoms with Crippen molar-refractivity contribution >= 4 is 11.9 Å². The number of esters is 2. The first-order valence-electron chi connectivity index (χ1n) is 12.3. The summed E-state index contributed by atoms with van der Waals surface area (Å²) in [6.07, 6.45) is -12.6. The first-order chi connectivity index (χ1) is 15.7. The molecule has 0 aromatic carbocycles. The molecule has 10 heteroatoms. The van der Waals surface area contributed by atoms with Gasteiger partial charge in [-0.05, 0) is 49.4 Å². The third-order valence-electron chi connectivity index (χ3n) is 7.20. The summed E-state index contributed by atoms with van der Waals surface area (Å²) in [6, 6.07) is 0. The van der Waals surface area contributed by atoms with E-state index in [2.05, 4.69) is 4.74 Å². The molecule has 0 N–H and O–H groups in total. The quantitative estimate of drug-likeness (QED) is 0.231. The second kappa shape index (κ2) is 11.3. The minimum absolute atomic E-state index is 0.130. The van der Waals surface area contributed by atoms with Crippen LogP contribution in [-0.4, -0.2) is 36.0 Å². The standard InChI is InChI=1S/C25H40F6O4/c1-8-16(18(32)34-20(24(26,27)28)25(29,30)31)23(13-11-10-12-14-23)35-19(33)17(21(3,4)5)15-22(6,7)9-2/h16-17,20H,8-15H2,1-7H3. The molecule has 0 aromatic rings. The van der Waals surface area contributed by atoms with Crippen LogP contribution in [0.1, 0.15) is 99.8 Å². The third kappa shape index (κ3) is 8.55. The summed E-state index contributed by atoms with van der Waals surface area (Å²) < 4.78 is 88.2. The molecule has 0 amide bonds. The summed E-state index contributed by atoms with van der Waals surface area (Å²) in [4.78, 5) is 26.3. The second-order valence-corrected chi connectivity index (χ2v) is 11.5. The van der Waals surface area contributed by atoms with Crippen LogP contribution >= 0.6 is 0 Å². The lowest BCUT2D eigenvalue weighted by molar-refractivity contribution is -0.315. The Morgan fingerprint density at radius 1 is 0.829 bits per heavy atom. The number of hydrogen-bond donors (Lipinski definition) is 0. The highest BCUT2D eigenvalue weighted by Crippen LogP contribution is 2.45. The van der Waals surface area contributed by atoms with Crippen LogP contribution in [0.25, 0.3) is 0 Å². The van der Waals surface area contributed by atoms with Crippen LogP contribution in [0, 0.1) is 22.7 Å². The Kier molecular flexibility index (Phi) is 10.2. The molecule has 1 aliphatic rings. The van der Waals surface area contributed by atoms with E-state index in [-0.39, 0.29) is 24.7 Å². The fourth-order valence-electron chi connectivity index (χ4n) is 4.65.